The largest absolute Gasteiger partial charge is 0.465 e. The minimum atomic E-state index is -0.428. The van der Waals surface area contributed by atoms with Gasteiger partial charge in [-0.05, 0) is 18.9 Å². The number of esters is 2. The fourth-order valence-corrected chi connectivity index (χ4v) is 3.33. The van der Waals surface area contributed by atoms with E-state index in [9.17, 15) is 14.4 Å². The highest BCUT2D eigenvalue weighted by molar-refractivity contribution is 5.66. The predicted octanol–water partition coefficient (Wildman–Crippen LogP) is 0.660. The zero-order valence-corrected chi connectivity index (χ0v) is 15.1. The molecule has 0 radical (unpaired) electrons. The van der Waals surface area contributed by atoms with Crippen LogP contribution in [0.1, 0.15) is 39.2 Å². The van der Waals surface area contributed by atoms with Crippen LogP contribution in [-0.2, 0) is 19.1 Å². The lowest BCUT2D eigenvalue weighted by molar-refractivity contribution is -0.156. The van der Waals surface area contributed by atoms with Crippen molar-refractivity contribution in [2.75, 3.05) is 6.61 Å². The van der Waals surface area contributed by atoms with Crippen molar-refractivity contribution < 1.29 is 19.1 Å². The Morgan fingerprint density at radius 2 is 2.07 bits per heavy atom. The molecule has 3 rings (SSSR count). The maximum absolute atomic E-state index is 12.5. The molecular weight excluding hydrogens is 354 g/mol. The second kappa shape index (κ2) is 8.11. The molecule has 0 aromatic carbocycles. The third kappa shape index (κ3) is 4.57. The van der Waals surface area contributed by atoms with Crippen LogP contribution in [0.15, 0.2) is 29.7 Å². The van der Waals surface area contributed by atoms with Crippen LogP contribution in [0.3, 0.4) is 0 Å². The number of nitrogens with zero attached hydrogens (tertiary/aromatic N) is 5. The standard InChI is InChI=1S/C17H21N5O5/c1-11(23)26-8-13-3-4-14(7-15(13)27-12(2)24)21-6-5-16(20-17(21)25)22-10-18-9-19-22/h5-6,9-10,13-15H,3-4,7-8H2,1-2H3/t13-,14-,15+/m1/s1. The Bertz CT molecular complexity index is 863. The lowest BCUT2D eigenvalue weighted by Crippen LogP contribution is -2.39. The van der Waals surface area contributed by atoms with Crippen LogP contribution in [0.2, 0.25) is 0 Å². The summed E-state index contributed by atoms with van der Waals surface area (Å²) in [5.74, 6) is -0.482. The van der Waals surface area contributed by atoms with E-state index in [0.717, 1.165) is 0 Å². The maximum Gasteiger partial charge on any atom is 0.349 e. The Labute approximate surface area is 155 Å². The molecule has 0 amide bonds. The molecule has 2 aromatic heterocycles. The molecule has 0 saturated heterocycles. The lowest BCUT2D eigenvalue weighted by atomic mass is 9.83. The second-order valence-corrected chi connectivity index (χ2v) is 6.49. The molecule has 3 atom stereocenters. The molecule has 10 nitrogen and oxygen atoms in total. The highest BCUT2D eigenvalue weighted by Gasteiger charge is 2.34. The van der Waals surface area contributed by atoms with E-state index >= 15 is 0 Å². The summed E-state index contributed by atoms with van der Waals surface area (Å²) in [4.78, 5) is 42.9. The Kier molecular flexibility index (Phi) is 5.63. The first-order valence-electron chi connectivity index (χ1n) is 8.69. The van der Waals surface area contributed by atoms with Gasteiger partial charge in [-0.25, -0.2) is 14.5 Å². The van der Waals surface area contributed by atoms with Gasteiger partial charge in [-0.2, -0.15) is 10.1 Å². The van der Waals surface area contributed by atoms with Gasteiger partial charge in [0, 0.05) is 38.4 Å². The third-order valence-corrected chi connectivity index (χ3v) is 4.58. The number of hydrogen-bond donors (Lipinski definition) is 0. The second-order valence-electron chi connectivity index (χ2n) is 6.49. The molecule has 2 aromatic rings. The van der Waals surface area contributed by atoms with Crippen LogP contribution in [0, 0.1) is 5.92 Å². The summed E-state index contributed by atoms with van der Waals surface area (Å²) >= 11 is 0. The van der Waals surface area contributed by atoms with Crippen LogP contribution in [-0.4, -0.2) is 49.0 Å². The molecular formula is C17H21N5O5. The number of ether oxygens (including phenoxy) is 2. The molecule has 144 valence electrons. The Morgan fingerprint density at radius 1 is 1.26 bits per heavy atom. The van der Waals surface area contributed by atoms with Gasteiger partial charge in [0.05, 0.1) is 6.61 Å². The van der Waals surface area contributed by atoms with E-state index in [-0.39, 0.29) is 24.5 Å². The molecule has 0 aliphatic heterocycles. The van der Waals surface area contributed by atoms with Crippen molar-refractivity contribution in [2.45, 2.75) is 45.3 Å². The fraction of sp³-hybridized carbons (Fsp3) is 0.529. The summed E-state index contributed by atoms with van der Waals surface area (Å²) in [5.41, 5.74) is -0.409. The summed E-state index contributed by atoms with van der Waals surface area (Å²) in [7, 11) is 0. The molecule has 2 heterocycles. The lowest BCUT2D eigenvalue weighted by Gasteiger charge is -2.35. The van der Waals surface area contributed by atoms with E-state index in [1.807, 2.05) is 0 Å². The van der Waals surface area contributed by atoms with Crippen molar-refractivity contribution in [3.05, 3.63) is 35.4 Å². The monoisotopic (exact) mass is 375 g/mol. The molecule has 1 aliphatic carbocycles. The van der Waals surface area contributed by atoms with Crippen LogP contribution in [0.4, 0.5) is 0 Å². The van der Waals surface area contributed by atoms with Crippen molar-refractivity contribution in [1.29, 1.82) is 0 Å². The number of rotatable bonds is 5. The van der Waals surface area contributed by atoms with Crippen LogP contribution in [0.5, 0.6) is 0 Å². The molecule has 10 heteroatoms. The molecule has 1 fully saturated rings. The van der Waals surface area contributed by atoms with Crippen molar-refractivity contribution >= 4 is 11.9 Å². The first kappa shape index (κ1) is 18.7. The minimum Gasteiger partial charge on any atom is -0.465 e. The summed E-state index contributed by atoms with van der Waals surface area (Å²) in [6.45, 7) is 2.87. The van der Waals surface area contributed by atoms with Gasteiger partial charge in [0.1, 0.15) is 18.8 Å². The zero-order valence-electron chi connectivity index (χ0n) is 15.1. The Balaban J connectivity index is 1.76. The Hall–Kier alpha value is -3.04. The average Bonchev–Trinajstić information content (AvgIpc) is 3.14. The van der Waals surface area contributed by atoms with Gasteiger partial charge in [0.15, 0.2) is 5.82 Å². The van der Waals surface area contributed by atoms with E-state index in [4.69, 9.17) is 9.47 Å². The van der Waals surface area contributed by atoms with E-state index in [2.05, 4.69) is 15.1 Å². The fourth-order valence-electron chi connectivity index (χ4n) is 3.33. The third-order valence-electron chi connectivity index (χ3n) is 4.58. The summed E-state index contributed by atoms with van der Waals surface area (Å²) in [5, 5.41) is 3.96. The van der Waals surface area contributed by atoms with Gasteiger partial charge in [-0.3, -0.25) is 14.2 Å². The van der Waals surface area contributed by atoms with Crippen molar-refractivity contribution in [3.63, 3.8) is 0 Å². The Morgan fingerprint density at radius 3 is 2.70 bits per heavy atom. The molecule has 0 N–H and O–H groups in total. The average molecular weight is 375 g/mol. The van der Waals surface area contributed by atoms with Crippen LogP contribution in [0.25, 0.3) is 5.82 Å². The van der Waals surface area contributed by atoms with Crippen molar-refractivity contribution in [1.82, 2.24) is 24.3 Å². The first-order valence-corrected chi connectivity index (χ1v) is 8.69. The van der Waals surface area contributed by atoms with E-state index < -0.39 is 17.8 Å². The maximum atomic E-state index is 12.5. The quantitative estimate of drug-likeness (QED) is 0.699. The molecule has 1 aliphatic rings. The SMILES string of the molecule is CC(=O)OC[C@H]1CC[C@@H](n2ccc(-n3cncn3)nc2=O)C[C@@H]1OC(C)=O. The van der Waals surface area contributed by atoms with Crippen LogP contribution < -0.4 is 5.69 Å². The molecule has 0 spiro atoms. The first-order chi connectivity index (χ1) is 12.9. The molecule has 0 unspecified atom stereocenters. The number of aromatic nitrogens is 5. The minimum absolute atomic E-state index is 0.0906. The van der Waals surface area contributed by atoms with Gasteiger partial charge < -0.3 is 9.47 Å². The molecule has 1 saturated carbocycles. The van der Waals surface area contributed by atoms with E-state index in [1.165, 1.54) is 31.2 Å². The van der Waals surface area contributed by atoms with Gasteiger partial charge in [0.2, 0.25) is 0 Å². The van der Waals surface area contributed by atoms with Crippen LogP contribution >= 0.6 is 0 Å². The van der Waals surface area contributed by atoms with Gasteiger partial charge in [0.25, 0.3) is 0 Å². The number of carbonyl (C=O) groups excluding carboxylic acids is 2. The van der Waals surface area contributed by atoms with E-state index in [0.29, 0.717) is 25.1 Å². The smallest absolute Gasteiger partial charge is 0.349 e. The zero-order chi connectivity index (χ0) is 19.4. The normalized spacial score (nSPS) is 22.2. The molecule has 27 heavy (non-hydrogen) atoms. The van der Waals surface area contributed by atoms with Crippen molar-refractivity contribution in [2.24, 2.45) is 5.92 Å². The van der Waals surface area contributed by atoms with Gasteiger partial charge in [-0.1, -0.05) is 0 Å². The van der Waals surface area contributed by atoms with Gasteiger partial charge in [-0.15, -0.1) is 0 Å². The van der Waals surface area contributed by atoms with Gasteiger partial charge >= 0.3 is 17.6 Å². The number of hydrogen-bond acceptors (Lipinski definition) is 8. The van der Waals surface area contributed by atoms with E-state index in [1.54, 1.807) is 16.8 Å². The highest BCUT2D eigenvalue weighted by atomic mass is 16.6. The van der Waals surface area contributed by atoms with Crippen molar-refractivity contribution in [3.8, 4) is 5.82 Å². The summed E-state index contributed by atoms with van der Waals surface area (Å²) < 4.78 is 13.5. The summed E-state index contributed by atoms with van der Waals surface area (Å²) in [6.07, 6.45) is 5.86. The summed E-state index contributed by atoms with van der Waals surface area (Å²) in [6, 6.07) is 1.52. The molecule has 0 bridgehead atoms. The predicted molar refractivity (Wildman–Crippen MR) is 92.0 cm³/mol. The number of carbonyl (C=O) groups is 2. The highest BCUT2D eigenvalue weighted by Crippen LogP contribution is 2.34. The topological polar surface area (TPSA) is 118 Å².